The third kappa shape index (κ3) is 2.89. The third-order valence-corrected chi connectivity index (χ3v) is 4.38. The van der Waals surface area contributed by atoms with Crippen molar-refractivity contribution in [3.8, 4) is 0 Å². The van der Waals surface area contributed by atoms with Crippen LogP contribution in [0.3, 0.4) is 0 Å². The number of esters is 1. The first-order valence-corrected chi connectivity index (χ1v) is 7.39. The number of carbonyl (C=O) groups excluding carboxylic acids is 1. The molecule has 1 aromatic carbocycles. The minimum Gasteiger partial charge on any atom is -0.453 e. The van der Waals surface area contributed by atoms with Gasteiger partial charge in [-0.3, -0.25) is 4.99 Å². The van der Waals surface area contributed by atoms with E-state index in [-0.39, 0.29) is 5.92 Å². The van der Waals surface area contributed by atoms with Gasteiger partial charge in [-0.15, -0.1) is 0 Å². The van der Waals surface area contributed by atoms with Crippen LogP contribution in [-0.2, 0) is 9.53 Å². The van der Waals surface area contributed by atoms with Crippen LogP contribution < -0.4 is 5.73 Å². The predicted molar refractivity (Wildman–Crippen MR) is 90.2 cm³/mol. The van der Waals surface area contributed by atoms with Crippen molar-refractivity contribution in [2.75, 3.05) is 7.05 Å². The second-order valence-corrected chi connectivity index (χ2v) is 5.82. The van der Waals surface area contributed by atoms with Crippen LogP contribution in [0.25, 0.3) is 5.57 Å². The van der Waals surface area contributed by atoms with Gasteiger partial charge >= 0.3 is 5.97 Å². The van der Waals surface area contributed by atoms with Gasteiger partial charge in [0.05, 0.1) is 10.0 Å². The molecule has 1 aliphatic heterocycles. The number of ether oxygens (including phenoxy) is 1. The number of halogens is 2. The number of allylic oxidation sites excluding steroid dienone is 1. The van der Waals surface area contributed by atoms with Gasteiger partial charge in [0.25, 0.3) is 0 Å². The summed E-state index contributed by atoms with van der Waals surface area (Å²) in [6, 6.07) is 3.39. The van der Waals surface area contributed by atoms with Crippen LogP contribution in [0, 0.1) is 5.92 Å². The average molecular weight is 339 g/mol. The molecule has 1 fully saturated rings. The zero-order valence-electron chi connectivity index (χ0n) is 12.3. The lowest BCUT2D eigenvalue weighted by Crippen LogP contribution is -2.09. The lowest BCUT2D eigenvalue weighted by atomic mass is 9.89. The number of carbonyl (C=O) groups is 1. The van der Waals surface area contributed by atoms with Gasteiger partial charge in [0, 0.05) is 42.1 Å². The van der Waals surface area contributed by atoms with E-state index in [1.165, 1.54) is 6.20 Å². The molecular weight excluding hydrogens is 323 g/mol. The van der Waals surface area contributed by atoms with Crippen molar-refractivity contribution in [3.63, 3.8) is 0 Å². The number of hydrogen-bond donors (Lipinski definition) is 1. The van der Waals surface area contributed by atoms with E-state index < -0.39 is 12.1 Å². The molecular formula is C16H16Cl2N2O2. The summed E-state index contributed by atoms with van der Waals surface area (Å²) in [6.07, 6.45) is 2.55. The highest BCUT2D eigenvalue weighted by atomic mass is 35.5. The van der Waals surface area contributed by atoms with Crippen molar-refractivity contribution in [2.45, 2.75) is 13.0 Å². The molecule has 0 aromatic heterocycles. The van der Waals surface area contributed by atoms with Gasteiger partial charge < -0.3 is 10.5 Å². The quantitative estimate of drug-likeness (QED) is 0.518. The number of benzene rings is 1. The van der Waals surface area contributed by atoms with Crippen LogP contribution in [0.2, 0.25) is 10.0 Å². The summed E-state index contributed by atoms with van der Waals surface area (Å²) in [4.78, 5) is 15.7. The van der Waals surface area contributed by atoms with Crippen LogP contribution in [-0.4, -0.2) is 19.2 Å². The molecule has 0 spiro atoms. The molecule has 2 rings (SSSR count). The largest absolute Gasteiger partial charge is 0.453 e. The lowest BCUT2D eigenvalue weighted by molar-refractivity contribution is -0.139. The highest BCUT2D eigenvalue weighted by Gasteiger charge is 2.38. The molecule has 116 valence electrons. The first-order chi connectivity index (χ1) is 10.4. The molecule has 4 nitrogen and oxygen atoms in total. The monoisotopic (exact) mass is 338 g/mol. The Labute approximate surface area is 139 Å². The van der Waals surface area contributed by atoms with Crippen molar-refractivity contribution >= 4 is 41.0 Å². The summed E-state index contributed by atoms with van der Waals surface area (Å²) in [6.45, 7) is 5.64. The molecule has 6 heteroatoms. The maximum Gasteiger partial charge on any atom is 0.334 e. The fourth-order valence-electron chi connectivity index (χ4n) is 2.38. The molecule has 1 aliphatic rings. The van der Waals surface area contributed by atoms with Crippen LogP contribution in [0.4, 0.5) is 0 Å². The maximum atomic E-state index is 11.8. The summed E-state index contributed by atoms with van der Waals surface area (Å²) in [5.41, 5.74) is 8.23. The standard InChI is InChI=1S/C16H16Cl2N2O2/c1-8-9(2)16(21)22-15(8)12-5-14(18)13(17)4-11(12)10(6-19)7-20-3/h4-8,15H,2,19H2,1,3H3/b10-6+,20-7?. The molecule has 1 heterocycles. The summed E-state index contributed by atoms with van der Waals surface area (Å²) in [7, 11) is 1.64. The number of nitrogens with zero attached hydrogens (tertiary/aromatic N) is 1. The van der Waals surface area contributed by atoms with Crippen LogP contribution in [0.15, 0.2) is 35.5 Å². The number of hydrogen-bond acceptors (Lipinski definition) is 4. The second kappa shape index (κ2) is 6.55. The van der Waals surface area contributed by atoms with Crippen LogP contribution in [0.5, 0.6) is 0 Å². The van der Waals surface area contributed by atoms with E-state index in [0.29, 0.717) is 21.2 Å². The highest BCUT2D eigenvalue weighted by molar-refractivity contribution is 6.42. The molecule has 2 N–H and O–H groups in total. The van der Waals surface area contributed by atoms with Crippen molar-refractivity contribution < 1.29 is 9.53 Å². The molecule has 0 amide bonds. The number of aliphatic imine (C=N–C) groups is 1. The van der Waals surface area contributed by atoms with Gasteiger partial charge in [-0.2, -0.15) is 0 Å². The van der Waals surface area contributed by atoms with E-state index >= 15 is 0 Å². The summed E-state index contributed by atoms with van der Waals surface area (Å²) < 4.78 is 5.43. The Bertz CT molecular complexity index is 696. The minimum atomic E-state index is -0.482. The lowest BCUT2D eigenvalue weighted by Gasteiger charge is -2.19. The number of rotatable bonds is 3. The fraction of sp³-hybridized carbons (Fsp3) is 0.250. The smallest absolute Gasteiger partial charge is 0.334 e. The van der Waals surface area contributed by atoms with Crippen molar-refractivity contribution in [1.82, 2.24) is 0 Å². The van der Waals surface area contributed by atoms with Gasteiger partial charge in [-0.25, -0.2) is 4.79 Å². The van der Waals surface area contributed by atoms with E-state index in [9.17, 15) is 4.79 Å². The van der Waals surface area contributed by atoms with Crippen LogP contribution >= 0.6 is 23.2 Å². The number of cyclic esters (lactones) is 1. The first-order valence-electron chi connectivity index (χ1n) is 6.63. The Kier molecular flexibility index (Phi) is 4.94. The molecule has 0 aliphatic carbocycles. The Morgan fingerprint density at radius 1 is 1.41 bits per heavy atom. The SMILES string of the molecule is C=C1C(=O)OC(c2cc(Cl)c(Cl)cc2/C(C=NC)=C/N)C1C. The van der Waals surface area contributed by atoms with Crippen molar-refractivity contribution in [2.24, 2.45) is 16.6 Å². The highest BCUT2D eigenvalue weighted by Crippen LogP contribution is 2.42. The van der Waals surface area contributed by atoms with Crippen LogP contribution in [0.1, 0.15) is 24.2 Å². The Morgan fingerprint density at radius 2 is 2.05 bits per heavy atom. The normalized spacial score (nSPS) is 22.5. The summed E-state index contributed by atoms with van der Waals surface area (Å²) >= 11 is 12.2. The van der Waals surface area contributed by atoms with Crippen molar-refractivity contribution in [1.29, 1.82) is 0 Å². The zero-order chi connectivity index (χ0) is 16.4. The summed E-state index contributed by atoms with van der Waals surface area (Å²) in [5, 5.41) is 0.769. The minimum absolute atomic E-state index is 0.166. The zero-order valence-corrected chi connectivity index (χ0v) is 13.8. The first kappa shape index (κ1) is 16.6. The topological polar surface area (TPSA) is 64.7 Å². The van der Waals surface area contributed by atoms with E-state index in [1.807, 2.05) is 6.92 Å². The Balaban J connectivity index is 2.62. The maximum absolute atomic E-state index is 11.8. The Hall–Kier alpha value is -1.78. The number of nitrogens with two attached hydrogens (primary N) is 1. The van der Waals surface area contributed by atoms with Gasteiger partial charge in [-0.05, 0) is 17.7 Å². The van der Waals surface area contributed by atoms with Gasteiger partial charge in [0.1, 0.15) is 6.10 Å². The Morgan fingerprint density at radius 3 is 2.55 bits per heavy atom. The van der Waals surface area contributed by atoms with E-state index in [1.54, 1.807) is 25.4 Å². The van der Waals surface area contributed by atoms with Gasteiger partial charge in [0.15, 0.2) is 0 Å². The van der Waals surface area contributed by atoms with E-state index in [0.717, 1.165) is 11.1 Å². The van der Waals surface area contributed by atoms with E-state index in [4.69, 9.17) is 33.7 Å². The van der Waals surface area contributed by atoms with Gasteiger partial charge in [-0.1, -0.05) is 36.7 Å². The molecule has 0 saturated carbocycles. The van der Waals surface area contributed by atoms with Gasteiger partial charge in [0.2, 0.25) is 0 Å². The second-order valence-electron chi connectivity index (χ2n) is 5.00. The average Bonchev–Trinajstić information content (AvgIpc) is 2.75. The van der Waals surface area contributed by atoms with Crippen molar-refractivity contribution in [3.05, 3.63) is 51.7 Å². The molecule has 1 saturated heterocycles. The fourth-order valence-corrected chi connectivity index (χ4v) is 2.72. The predicted octanol–water partition coefficient (Wildman–Crippen LogP) is 3.78. The molecule has 22 heavy (non-hydrogen) atoms. The molecule has 2 unspecified atom stereocenters. The molecule has 0 bridgehead atoms. The molecule has 0 radical (unpaired) electrons. The molecule has 2 atom stereocenters. The summed E-state index contributed by atoms with van der Waals surface area (Å²) in [5.74, 6) is -0.571. The third-order valence-electron chi connectivity index (χ3n) is 3.66. The van der Waals surface area contributed by atoms with E-state index in [2.05, 4.69) is 11.6 Å². The molecule has 1 aromatic rings.